The van der Waals surface area contributed by atoms with E-state index in [0.29, 0.717) is 5.46 Å². The molecule has 0 spiro atoms. The molecule has 0 aliphatic heterocycles. The summed E-state index contributed by atoms with van der Waals surface area (Å²) in [5, 5.41) is 18.3. The second-order valence-corrected chi connectivity index (χ2v) is 5.30. The fourth-order valence-corrected chi connectivity index (χ4v) is 2.34. The van der Waals surface area contributed by atoms with Crippen molar-refractivity contribution in [3.63, 3.8) is 0 Å². The van der Waals surface area contributed by atoms with E-state index in [2.05, 4.69) is 0 Å². The molecule has 0 radical (unpaired) electrons. The molecule has 5 heteroatoms. The molecule has 0 saturated carbocycles. The lowest BCUT2D eigenvalue weighted by Crippen LogP contribution is -2.29. The first-order valence-corrected chi connectivity index (χ1v) is 7.54. The molecular formula is C19H17BO4. The Kier molecular flexibility index (Phi) is 4.84. The van der Waals surface area contributed by atoms with Crippen molar-refractivity contribution in [2.45, 2.75) is 0 Å². The summed E-state index contributed by atoms with van der Waals surface area (Å²) in [6.07, 6.45) is 0. The van der Waals surface area contributed by atoms with Crippen LogP contribution in [0.15, 0.2) is 72.8 Å². The number of hydrogen-bond acceptors (Lipinski definition) is 4. The highest BCUT2D eigenvalue weighted by molar-refractivity contribution is 6.58. The molecule has 3 rings (SSSR count). The van der Waals surface area contributed by atoms with Gasteiger partial charge in [0.2, 0.25) is 0 Å². The van der Waals surface area contributed by atoms with Crippen LogP contribution in [-0.4, -0.2) is 24.3 Å². The van der Waals surface area contributed by atoms with Gasteiger partial charge in [0.15, 0.2) is 0 Å². The summed E-state index contributed by atoms with van der Waals surface area (Å²) in [6.45, 7) is 0. The van der Waals surface area contributed by atoms with Crippen molar-refractivity contribution in [2.75, 3.05) is 7.11 Å². The minimum atomic E-state index is -1.45. The zero-order valence-electron chi connectivity index (χ0n) is 13.2. The molecule has 0 amide bonds. The van der Waals surface area contributed by atoms with Gasteiger partial charge >= 0.3 is 7.12 Å². The molecule has 0 heterocycles. The van der Waals surface area contributed by atoms with Gasteiger partial charge in [-0.05, 0) is 53.0 Å². The van der Waals surface area contributed by atoms with Crippen LogP contribution in [0.2, 0.25) is 0 Å². The topological polar surface area (TPSA) is 58.9 Å². The van der Waals surface area contributed by atoms with Gasteiger partial charge in [0, 0.05) is 0 Å². The van der Waals surface area contributed by atoms with Crippen molar-refractivity contribution < 1.29 is 19.5 Å². The summed E-state index contributed by atoms with van der Waals surface area (Å²) in [7, 11) is 0.182. The average Bonchev–Trinajstić information content (AvgIpc) is 2.63. The number of benzene rings is 3. The van der Waals surface area contributed by atoms with Gasteiger partial charge in [-0.1, -0.05) is 36.4 Å². The van der Waals surface area contributed by atoms with Crippen LogP contribution in [0.1, 0.15) is 0 Å². The van der Waals surface area contributed by atoms with Gasteiger partial charge in [-0.2, -0.15) is 0 Å². The van der Waals surface area contributed by atoms with Crippen LogP contribution >= 0.6 is 0 Å². The minimum absolute atomic E-state index is 0.471. The third-order valence-corrected chi connectivity index (χ3v) is 3.69. The smallest absolute Gasteiger partial charge is 0.488 e. The van der Waals surface area contributed by atoms with Crippen molar-refractivity contribution in [3.8, 4) is 28.4 Å². The summed E-state index contributed by atoms with van der Waals surface area (Å²) in [4.78, 5) is 0. The van der Waals surface area contributed by atoms with Crippen molar-refractivity contribution in [2.24, 2.45) is 0 Å². The third kappa shape index (κ3) is 3.77. The molecule has 0 aliphatic rings. The molecule has 0 aromatic heterocycles. The van der Waals surface area contributed by atoms with Crippen molar-refractivity contribution in [1.82, 2.24) is 0 Å². The van der Waals surface area contributed by atoms with E-state index < -0.39 is 7.12 Å². The third-order valence-electron chi connectivity index (χ3n) is 3.69. The fourth-order valence-electron chi connectivity index (χ4n) is 2.34. The van der Waals surface area contributed by atoms with Gasteiger partial charge in [-0.15, -0.1) is 0 Å². The Bertz CT molecular complexity index is 781. The highest BCUT2D eigenvalue weighted by atomic mass is 16.5. The lowest BCUT2D eigenvalue weighted by molar-refractivity contribution is 0.413. The molecule has 3 aromatic carbocycles. The van der Waals surface area contributed by atoms with Gasteiger partial charge < -0.3 is 19.5 Å². The lowest BCUT2D eigenvalue weighted by atomic mass is 9.80. The normalized spacial score (nSPS) is 10.3. The largest absolute Gasteiger partial charge is 0.497 e. The van der Waals surface area contributed by atoms with Crippen LogP contribution < -0.4 is 14.9 Å². The van der Waals surface area contributed by atoms with E-state index in [-0.39, 0.29) is 0 Å². The molecule has 0 atom stereocenters. The van der Waals surface area contributed by atoms with E-state index >= 15 is 0 Å². The van der Waals surface area contributed by atoms with Crippen molar-refractivity contribution in [1.29, 1.82) is 0 Å². The molecule has 2 N–H and O–H groups in total. The first kappa shape index (κ1) is 16.1. The second kappa shape index (κ2) is 7.21. The maximum absolute atomic E-state index is 9.13. The first-order valence-electron chi connectivity index (χ1n) is 7.54. The molecule has 24 heavy (non-hydrogen) atoms. The molecule has 0 bridgehead atoms. The van der Waals surface area contributed by atoms with Crippen LogP contribution in [0.4, 0.5) is 0 Å². The van der Waals surface area contributed by atoms with Crippen LogP contribution in [0.25, 0.3) is 11.1 Å². The highest BCUT2D eigenvalue weighted by Crippen LogP contribution is 2.26. The van der Waals surface area contributed by atoms with Crippen LogP contribution in [-0.2, 0) is 0 Å². The zero-order valence-corrected chi connectivity index (χ0v) is 13.2. The van der Waals surface area contributed by atoms with Gasteiger partial charge in [-0.25, -0.2) is 0 Å². The predicted molar refractivity (Wildman–Crippen MR) is 94.8 cm³/mol. The molecule has 4 nitrogen and oxygen atoms in total. The predicted octanol–water partition coefficient (Wildman–Crippen LogP) is 2.83. The summed E-state index contributed by atoms with van der Waals surface area (Å²) in [5.74, 6) is 2.27. The van der Waals surface area contributed by atoms with Crippen molar-refractivity contribution in [3.05, 3.63) is 72.8 Å². The van der Waals surface area contributed by atoms with Gasteiger partial charge in [0.05, 0.1) is 7.11 Å². The molecule has 3 aromatic rings. The van der Waals surface area contributed by atoms with Crippen LogP contribution in [0.3, 0.4) is 0 Å². The summed E-state index contributed by atoms with van der Waals surface area (Å²) in [5.41, 5.74) is 2.49. The standard InChI is InChI=1S/C19H17BO4/c1-23-17-10-12-19(13-11-17)24-18-8-4-15(5-9-18)14-2-6-16(7-3-14)20(21)22/h2-13,21-22H,1H3. The quantitative estimate of drug-likeness (QED) is 0.710. The monoisotopic (exact) mass is 320 g/mol. The summed E-state index contributed by atoms with van der Waals surface area (Å²) < 4.78 is 10.9. The number of methoxy groups -OCH3 is 1. The van der Waals surface area contributed by atoms with Crippen molar-refractivity contribution >= 4 is 12.6 Å². The lowest BCUT2D eigenvalue weighted by Gasteiger charge is -2.08. The molecule has 120 valence electrons. The first-order chi connectivity index (χ1) is 11.7. The Balaban J connectivity index is 1.72. The van der Waals surface area contributed by atoms with E-state index in [0.717, 1.165) is 28.4 Å². The Morgan fingerprint density at radius 2 is 1.04 bits per heavy atom. The molecule has 0 fully saturated rings. The molecular weight excluding hydrogens is 303 g/mol. The Hall–Kier alpha value is -2.76. The number of hydrogen-bond donors (Lipinski definition) is 2. The fraction of sp³-hybridized carbons (Fsp3) is 0.0526. The van der Waals surface area contributed by atoms with Crippen LogP contribution in [0, 0.1) is 0 Å². The Morgan fingerprint density at radius 1 is 0.625 bits per heavy atom. The average molecular weight is 320 g/mol. The Morgan fingerprint density at radius 3 is 1.50 bits per heavy atom. The van der Waals surface area contributed by atoms with Gasteiger partial charge in [0.1, 0.15) is 17.2 Å². The molecule has 0 aliphatic carbocycles. The zero-order chi connectivity index (χ0) is 16.9. The van der Waals surface area contributed by atoms with E-state index in [9.17, 15) is 0 Å². The van der Waals surface area contributed by atoms with E-state index in [4.69, 9.17) is 19.5 Å². The maximum Gasteiger partial charge on any atom is 0.488 e. The summed E-state index contributed by atoms with van der Waals surface area (Å²) in [6, 6.07) is 22.2. The SMILES string of the molecule is COc1ccc(Oc2ccc(-c3ccc(B(O)O)cc3)cc2)cc1. The molecule has 0 saturated heterocycles. The highest BCUT2D eigenvalue weighted by Gasteiger charge is 2.10. The molecule has 0 unspecified atom stereocenters. The number of ether oxygens (including phenoxy) is 2. The van der Waals surface area contributed by atoms with Gasteiger partial charge in [-0.3, -0.25) is 0 Å². The maximum atomic E-state index is 9.13. The second-order valence-electron chi connectivity index (χ2n) is 5.30. The Labute approximate surface area is 141 Å². The van der Waals surface area contributed by atoms with E-state index in [1.54, 1.807) is 19.2 Å². The van der Waals surface area contributed by atoms with Gasteiger partial charge in [0.25, 0.3) is 0 Å². The van der Waals surface area contributed by atoms with Crippen LogP contribution in [0.5, 0.6) is 17.2 Å². The number of rotatable bonds is 5. The summed E-state index contributed by atoms with van der Waals surface area (Å²) >= 11 is 0. The minimum Gasteiger partial charge on any atom is -0.497 e. The van der Waals surface area contributed by atoms with E-state index in [1.165, 1.54) is 0 Å². The van der Waals surface area contributed by atoms with E-state index in [1.807, 2.05) is 60.7 Å².